The van der Waals surface area contributed by atoms with Gasteiger partial charge in [0.15, 0.2) is 0 Å². The van der Waals surface area contributed by atoms with E-state index in [-0.39, 0.29) is 5.78 Å². The number of carbonyl (C=O) groups is 1. The molecular weight excluding hydrogens is 275 g/mol. The average Bonchev–Trinajstić information content (AvgIpc) is 2.08. The van der Waals surface area contributed by atoms with E-state index in [9.17, 15) is 4.79 Å². The van der Waals surface area contributed by atoms with E-state index in [1.54, 1.807) is 6.92 Å². The van der Waals surface area contributed by atoms with Gasteiger partial charge in [-0.25, -0.2) is 0 Å². The molecule has 0 saturated carbocycles. The van der Waals surface area contributed by atoms with Gasteiger partial charge in [-0.2, -0.15) is 0 Å². The molecule has 0 aliphatic heterocycles. The smallest absolute Gasteiger partial charge is 0.129 e. The largest absolute Gasteiger partial charge is 0.300 e. The number of benzene rings is 1. The van der Waals surface area contributed by atoms with Gasteiger partial charge < -0.3 is 4.79 Å². The first-order chi connectivity index (χ1) is 6.20. The molecule has 0 aliphatic rings. The molecule has 0 aliphatic carbocycles. The van der Waals surface area contributed by atoms with Gasteiger partial charge in [-0.05, 0) is 54.0 Å². The lowest BCUT2D eigenvalue weighted by Crippen LogP contribution is -1.94. The zero-order valence-corrected chi connectivity index (χ0v) is 9.87. The van der Waals surface area contributed by atoms with Gasteiger partial charge in [0.25, 0.3) is 0 Å². The molecule has 0 spiro atoms. The molecule has 0 fully saturated rings. The van der Waals surface area contributed by atoms with E-state index in [0.29, 0.717) is 6.42 Å². The number of Topliss-reactive ketones (excluding diaryl/α,β-unsaturated/α-hetero) is 1. The van der Waals surface area contributed by atoms with E-state index in [4.69, 9.17) is 0 Å². The fourth-order valence-corrected chi connectivity index (χ4v) is 1.89. The highest BCUT2D eigenvalue weighted by Gasteiger charge is 1.99. The maximum atomic E-state index is 10.7. The molecular formula is C11H13IO. The fraction of sp³-hybridized carbons (Fsp3) is 0.364. The van der Waals surface area contributed by atoms with Crippen LogP contribution in [0.5, 0.6) is 0 Å². The van der Waals surface area contributed by atoms with Crippen LogP contribution in [-0.4, -0.2) is 5.78 Å². The van der Waals surface area contributed by atoms with Crippen LogP contribution in [-0.2, 0) is 11.2 Å². The molecule has 70 valence electrons. The molecule has 1 nitrogen and oxygen atoms in total. The summed E-state index contributed by atoms with van der Waals surface area (Å²) in [7, 11) is 0. The van der Waals surface area contributed by atoms with Crippen LogP contribution in [0, 0.1) is 3.57 Å². The van der Waals surface area contributed by atoms with Crippen LogP contribution in [0.15, 0.2) is 24.3 Å². The van der Waals surface area contributed by atoms with E-state index < -0.39 is 0 Å². The van der Waals surface area contributed by atoms with Crippen molar-refractivity contribution in [2.24, 2.45) is 0 Å². The standard InChI is InChI=1S/C11H13IO/c1-9(13)5-4-7-10-6-2-3-8-11(10)12/h2-3,6,8H,4-5,7H2,1H3. The highest BCUT2D eigenvalue weighted by molar-refractivity contribution is 14.1. The van der Waals surface area contributed by atoms with Gasteiger partial charge in [0.2, 0.25) is 0 Å². The summed E-state index contributed by atoms with van der Waals surface area (Å²) in [5, 5.41) is 0. The van der Waals surface area contributed by atoms with Crippen molar-refractivity contribution in [3.8, 4) is 0 Å². The Morgan fingerprint density at radius 2 is 2.08 bits per heavy atom. The SMILES string of the molecule is CC(=O)CCCc1ccccc1I. The van der Waals surface area contributed by atoms with E-state index in [0.717, 1.165) is 12.8 Å². The maximum Gasteiger partial charge on any atom is 0.129 e. The van der Waals surface area contributed by atoms with Gasteiger partial charge in [-0.15, -0.1) is 0 Å². The van der Waals surface area contributed by atoms with Gasteiger partial charge in [-0.3, -0.25) is 0 Å². The van der Waals surface area contributed by atoms with E-state index in [2.05, 4.69) is 34.7 Å². The number of aryl methyl sites for hydroxylation is 1. The first-order valence-electron chi connectivity index (χ1n) is 4.43. The molecule has 0 radical (unpaired) electrons. The van der Waals surface area contributed by atoms with E-state index >= 15 is 0 Å². The highest BCUT2D eigenvalue weighted by Crippen LogP contribution is 2.13. The summed E-state index contributed by atoms with van der Waals surface area (Å²) in [5.41, 5.74) is 1.35. The number of carbonyl (C=O) groups excluding carboxylic acids is 1. The molecule has 1 aromatic rings. The molecule has 13 heavy (non-hydrogen) atoms. The Hall–Kier alpha value is -0.380. The average molecular weight is 288 g/mol. The van der Waals surface area contributed by atoms with Crippen molar-refractivity contribution in [3.05, 3.63) is 33.4 Å². The summed E-state index contributed by atoms with van der Waals surface area (Å²) in [6.45, 7) is 1.65. The molecule has 0 N–H and O–H groups in total. The number of ketones is 1. The second kappa shape index (κ2) is 5.37. The van der Waals surface area contributed by atoms with Crippen molar-refractivity contribution in [2.75, 3.05) is 0 Å². The van der Waals surface area contributed by atoms with Crippen molar-refractivity contribution in [2.45, 2.75) is 26.2 Å². The quantitative estimate of drug-likeness (QED) is 0.778. The van der Waals surface area contributed by atoms with Crippen molar-refractivity contribution in [1.29, 1.82) is 0 Å². The number of rotatable bonds is 4. The summed E-state index contributed by atoms with van der Waals surface area (Å²) < 4.78 is 1.30. The zero-order chi connectivity index (χ0) is 9.68. The summed E-state index contributed by atoms with van der Waals surface area (Å²) >= 11 is 2.33. The predicted octanol–water partition coefficient (Wildman–Crippen LogP) is 3.20. The van der Waals surface area contributed by atoms with Crippen LogP contribution in [0.4, 0.5) is 0 Å². The molecule has 1 aromatic carbocycles. The summed E-state index contributed by atoms with van der Waals surface area (Å²) in [6, 6.07) is 8.31. The molecule has 0 bridgehead atoms. The maximum absolute atomic E-state index is 10.7. The third-order valence-electron chi connectivity index (χ3n) is 1.93. The lowest BCUT2D eigenvalue weighted by molar-refractivity contribution is -0.117. The Morgan fingerprint density at radius 3 is 2.69 bits per heavy atom. The zero-order valence-electron chi connectivity index (χ0n) is 7.72. The molecule has 0 unspecified atom stereocenters. The Balaban J connectivity index is 2.45. The number of halogens is 1. The lowest BCUT2D eigenvalue weighted by Gasteiger charge is -2.02. The summed E-state index contributed by atoms with van der Waals surface area (Å²) in [6.07, 6.45) is 2.68. The molecule has 0 atom stereocenters. The Bertz CT molecular complexity index is 294. The summed E-state index contributed by atoms with van der Waals surface area (Å²) in [4.78, 5) is 10.7. The van der Waals surface area contributed by atoms with Crippen molar-refractivity contribution >= 4 is 28.4 Å². The Morgan fingerprint density at radius 1 is 1.38 bits per heavy atom. The highest BCUT2D eigenvalue weighted by atomic mass is 127. The second-order valence-electron chi connectivity index (χ2n) is 3.15. The Kier molecular flexibility index (Phi) is 4.42. The molecule has 0 saturated heterocycles. The molecule has 1 rings (SSSR count). The van der Waals surface area contributed by atoms with Crippen molar-refractivity contribution in [1.82, 2.24) is 0 Å². The molecule has 0 amide bonds. The fourth-order valence-electron chi connectivity index (χ4n) is 1.23. The van der Waals surface area contributed by atoms with Crippen molar-refractivity contribution < 1.29 is 4.79 Å². The van der Waals surface area contributed by atoms with E-state index in [1.807, 2.05) is 12.1 Å². The van der Waals surface area contributed by atoms with Crippen LogP contribution in [0.2, 0.25) is 0 Å². The molecule has 0 aromatic heterocycles. The molecule has 0 heterocycles. The van der Waals surface area contributed by atoms with Gasteiger partial charge in [0.1, 0.15) is 5.78 Å². The van der Waals surface area contributed by atoms with Crippen LogP contribution in [0.25, 0.3) is 0 Å². The van der Waals surface area contributed by atoms with Gasteiger partial charge in [-0.1, -0.05) is 18.2 Å². The first kappa shape index (κ1) is 10.7. The van der Waals surface area contributed by atoms with Crippen LogP contribution in [0.3, 0.4) is 0 Å². The summed E-state index contributed by atoms with van der Waals surface area (Å²) in [5.74, 6) is 0.283. The lowest BCUT2D eigenvalue weighted by atomic mass is 10.1. The van der Waals surface area contributed by atoms with E-state index in [1.165, 1.54) is 9.13 Å². The topological polar surface area (TPSA) is 17.1 Å². The minimum atomic E-state index is 0.283. The van der Waals surface area contributed by atoms with Gasteiger partial charge >= 0.3 is 0 Å². The third-order valence-corrected chi connectivity index (χ3v) is 2.99. The van der Waals surface area contributed by atoms with Crippen molar-refractivity contribution in [3.63, 3.8) is 0 Å². The Labute approximate surface area is 92.7 Å². The normalized spacial score (nSPS) is 10.0. The van der Waals surface area contributed by atoms with Crippen LogP contribution in [0.1, 0.15) is 25.3 Å². The predicted molar refractivity (Wildman–Crippen MR) is 62.8 cm³/mol. The van der Waals surface area contributed by atoms with Crippen LogP contribution >= 0.6 is 22.6 Å². The first-order valence-corrected chi connectivity index (χ1v) is 5.51. The monoisotopic (exact) mass is 288 g/mol. The minimum absolute atomic E-state index is 0.283. The number of hydrogen-bond acceptors (Lipinski definition) is 1. The number of hydrogen-bond donors (Lipinski definition) is 0. The van der Waals surface area contributed by atoms with Gasteiger partial charge in [0.05, 0.1) is 0 Å². The molecule has 2 heteroatoms. The van der Waals surface area contributed by atoms with Gasteiger partial charge in [0, 0.05) is 9.99 Å². The second-order valence-corrected chi connectivity index (χ2v) is 4.31. The van der Waals surface area contributed by atoms with Crippen LogP contribution < -0.4 is 0 Å². The third kappa shape index (κ3) is 3.89. The minimum Gasteiger partial charge on any atom is -0.300 e.